The van der Waals surface area contributed by atoms with E-state index in [9.17, 15) is 13.2 Å². The summed E-state index contributed by atoms with van der Waals surface area (Å²) in [6, 6.07) is 5.86. The maximum absolute atomic E-state index is 11.9. The lowest BCUT2D eigenvalue weighted by molar-refractivity contribution is 0.0523. The fourth-order valence-electron chi connectivity index (χ4n) is 2.33. The topological polar surface area (TPSA) is 81.7 Å². The first-order chi connectivity index (χ1) is 11.4. The number of aryl methyl sites for hydroxylation is 1. The SMILES string of the molecule is Cc1cc(Br)ccc1C(CCOS(C)(=O)=O)CNC(=O)OC(C)(C)C. The Morgan fingerprint density at radius 2 is 1.96 bits per heavy atom. The van der Waals surface area contributed by atoms with Gasteiger partial charge in [0, 0.05) is 16.9 Å². The zero-order valence-electron chi connectivity index (χ0n) is 15.3. The Hall–Kier alpha value is -1.12. The second-order valence-electron chi connectivity index (χ2n) is 6.90. The summed E-state index contributed by atoms with van der Waals surface area (Å²) >= 11 is 3.43. The average Bonchev–Trinajstić information content (AvgIpc) is 2.40. The largest absolute Gasteiger partial charge is 0.444 e. The Labute approximate surface area is 158 Å². The maximum Gasteiger partial charge on any atom is 0.407 e. The van der Waals surface area contributed by atoms with Gasteiger partial charge >= 0.3 is 6.09 Å². The number of carbonyl (C=O) groups excluding carboxylic acids is 1. The molecule has 0 radical (unpaired) electrons. The zero-order chi connectivity index (χ0) is 19.3. The monoisotopic (exact) mass is 435 g/mol. The Balaban J connectivity index is 2.82. The molecule has 6 nitrogen and oxygen atoms in total. The highest BCUT2D eigenvalue weighted by atomic mass is 79.9. The Morgan fingerprint density at radius 1 is 1.32 bits per heavy atom. The molecule has 0 heterocycles. The highest BCUT2D eigenvalue weighted by Gasteiger charge is 2.20. The van der Waals surface area contributed by atoms with Crippen molar-refractivity contribution in [1.29, 1.82) is 0 Å². The molecule has 1 N–H and O–H groups in total. The molecule has 1 unspecified atom stereocenters. The van der Waals surface area contributed by atoms with Gasteiger partial charge in [-0.3, -0.25) is 4.18 Å². The molecule has 1 atom stereocenters. The van der Waals surface area contributed by atoms with Crippen LogP contribution >= 0.6 is 15.9 Å². The summed E-state index contributed by atoms with van der Waals surface area (Å²) < 4.78 is 33.4. The first kappa shape index (κ1) is 21.9. The number of ether oxygens (including phenoxy) is 1. The van der Waals surface area contributed by atoms with Gasteiger partial charge in [0.25, 0.3) is 10.1 Å². The number of amides is 1. The van der Waals surface area contributed by atoms with E-state index in [-0.39, 0.29) is 12.5 Å². The van der Waals surface area contributed by atoms with Crippen molar-refractivity contribution in [2.45, 2.75) is 45.6 Å². The van der Waals surface area contributed by atoms with Crippen molar-refractivity contribution in [2.75, 3.05) is 19.4 Å². The molecule has 0 spiro atoms. The average molecular weight is 436 g/mol. The summed E-state index contributed by atoms with van der Waals surface area (Å²) in [6.45, 7) is 7.73. The molecular weight excluding hydrogens is 410 g/mol. The summed E-state index contributed by atoms with van der Waals surface area (Å²) in [5.74, 6) is -0.0950. The summed E-state index contributed by atoms with van der Waals surface area (Å²) in [4.78, 5) is 11.9. The summed E-state index contributed by atoms with van der Waals surface area (Å²) in [7, 11) is -3.49. The minimum Gasteiger partial charge on any atom is -0.444 e. The van der Waals surface area contributed by atoms with Gasteiger partial charge in [0.15, 0.2) is 0 Å². The van der Waals surface area contributed by atoms with E-state index < -0.39 is 21.8 Å². The first-order valence-electron chi connectivity index (χ1n) is 7.95. The molecule has 25 heavy (non-hydrogen) atoms. The van der Waals surface area contributed by atoms with E-state index >= 15 is 0 Å². The smallest absolute Gasteiger partial charge is 0.407 e. The maximum atomic E-state index is 11.9. The summed E-state index contributed by atoms with van der Waals surface area (Å²) in [5.41, 5.74) is 1.49. The molecule has 8 heteroatoms. The molecule has 0 fully saturated rings. The lowest BCUT2D eigenvalue weighted by Gasteiger charge is -2.23. The van der Waals surface area contributed by atoms with Crippen molar-refractivity contribution in [1.82, 2.24) is 5.32 Å². The predicted molar refractivity (Wildman–Crippen MR) is 101 cm³/mol. The van der Waals surface area contributed by atoms with Crippen LogP contribution in [-0.4, -0.2) is 39.5 Å². The van der Waals surface area contributed by atoms with Gasteiger partial charge in [0.05, 0.1) is 12.9 Å². The lowest BCUT2D eigenvalue weighted by atomic mass is 9.92. The van der Waals surface area contributed by atoms with Gasteiger partial charge in [-0.15, -0.1) is 0 Å². The molecule has 1 aromatic rings. The molecule has 0 saturated carbocycles. The number of halogens is 1. The number of rotatable bonds is 7. The van der Waals surface area contributed by atoms with E-state index in [0.29, 0.717) is 13.0 Å². The molecule has 142 valence electrons. The third-order valence-corrected chi connectivity index (χ3v) is 4.42. The number of hydrogen-bond donors (Lipinski definition) is 1. The fourth-order valence-corrected chi connectivity index (χ4v) is 3.20. The van der Waals surface area contributed by atoms with Crippen LogP contribution in [0, 0.1) is 6.92 Å². The number of hydrogen-bond acceptors (Lipinski definition) is 5. The van der Waals surface area contributed by atoms with Crippen LogP contribution in [-0.2, 0) is 19.0 Å². The van der Waals surface area contributed by atoms with Crippen molar-refractivity contribution < 1.29 is 22.1 Å². The van der Waals surface area contributed by atoms with Gasteiger partial charge in [0.1, 0.15) is 5.60 Å². The van der Waals surface area contributed by atoms with E-state index in [1.54, 1.807) is 20.8 Å². The summed E-state index contributed by atoms with van der Waals surface area (Å²) in [5, 5.41) is 2.75. The van der Waals surface area contributed by atoms with Gasteiger partial charge in [0.2, 0.25) is 0 Å². The van der Waals surface area contributed by atoms with E-state index in [1.807, 2.05) is 25.1 Å². The van der Waals surface area contributed by atoms with Gasteiger partial charge < -0.3 is 10.1 Å². The van der Waals surface area contributed by atoms with Crippen molar-refractivity contribution in [3.05, 3.63) is 33.8 Å². The van der Waals surface area contributed by atoms with E-state index in [1.165, 1.54) is 0 Å². The van der Waals surface area contributed by atoms with E-state index in [2.05, 4.69) is 21.2 Å². The van der Waals surface area contributed by atoms with Crippen molar-refractivity contribution in [2.24, 2.45) is 0 Å². The number of alkyl carbamates (subject to hydrolysis) is 1. The van der Waals surface area contributed by atoms with Gasteiger partial charge in [-0.25, -0.2) is 4.79 Å². The van der Waals surface area contributed by atoms with E-state index in [0.717, 1.165) is 21.9 Å². The molecule has 0 saturated heterocycles. The molecule has 0 aromatic heterocycles. The van der Waals surface area contributed by atoms with Crippen molar-refractivity contribution in [3.8, 4) is 0 Å². The van der Waals surface area contributed by atoms with Crippen LogP contribution in [0.2, 0.25) is 0 Å². The zero-order valence-corrected chi connectivity index (χ0v) is 17.7. The Morgan fingerprint density at radius 3 is 2.48 bits per heavy atom. The van der Waals surface area contributed by atoms with Crippen LogP contribution in [0.1, 0.15) is 44.2 Å². The third-order valence-electron chi connectivity index (χ3n) is 3.33. The highest BCUT2D eigenvalue weighted by Crippen LogP contribution is 2.26. The van der Waals surface area contributed by atoms with Crippen LogP contribution in [0.4, 0.5) is 4.79 Å². The van der Waals surface area contributed by atoms with Gasteiger partial charge in [-0.05, 0) is 57.4 Å². The Bertz CT molecular complexity index is 697. The quantitative estimate of drug-likeness (QED) is 0.659. The molecular formula is C17H26BrNO5S. The molecule has 1 aromatic carbocycles. The van der Waals surface area contributed by atoms with Gasteiger partial charge in [-0.1, -0.05) is 22.0 Å². The van der Waals surface area contributed by atoms with Gasteiger partial charge in [-0.2, -0.15) is 8.42 Å². The van der Waals surface area contributed by atoms with Crippen molar-refractivity contribution in [3.63, 3.8) is 0 Å². The third kappa shape index (κ3) is 9.23. The lowest BCUT2D eigenvalue weighted by Crippen LogP contribution is -2.35. The molecule has 1 amide bonds. The first-order valence-corrected chi connectivity index (χ1v) is 10.6. The highest BCUT2D eigenvalue weighted by molar-refractivity contribution is 9.10. The second kappa shape index (κ2) is 9.00. The van der Waals surface area contributed by atoms with Crippen LogP contribution in [0.15, 0.2) is 22.7 Å². The standard InChI is InChI=1S/C17H26BrNO5S/c1-12-10-14(18)6-7-15(12)13(8-9-23-25(5,21)22)11-19-16(20)24-17(2,3)4/h6-7,10,13H,8-9,11H2,1-5H3,(H,19,20). The normalized spacial score (nSPS) is 13.4. The number of benzene rings is 1. The fraction of sp³-hybridized carbons (Fsp3) is 0.588. The predicted octanol–water partition coefficient (Wildman–Crippen LogP) is 3.73. The molecule has 0 bridgehead atoms. The molecule has 0 aliphatic rings. The Kier molecular flexibility index (Phi) is 7.89. The molecule has 0 aliphatic carbocycles. The van der Waals surface area contributed by atoms with Crippen molar-refractivity contribution >= 4 is 32.1 Å². The molecule has 1 rings (SSSR count). The van der Waals surface area contributed by atoms with Crippen LogP contribution in [0.5, 0.6) is 0 Å². The summed E-state index contributed by atoms with van der Waals surface area (Å²) in [6.07, 6.45) is 0.966. The number of carbonyl (C=O) groups is 1. The minimum absolute atomic E-state index is 0.0506. The number of nitrogens with one attached hydrogen (secondary N) is 1. The van der Waals surface area contributed by atoms with Crippen LogP contribution < -0.4 is 5.32 Å². The minimum atomic E-state index is -3.49. The molecule has 0 aliphatic heterocycles. The van der Waals surface area contributed by atoms with Crippen LogP contribution in [0.3, 0.4) is 0 Å². The van der Waals surface area contributed by atoms with Crippen LogP contribution in [0.25, 0.3) is 0 Å². The second-order valence-corrected chi connectivity index (χ2v) is 9.46. The van der Waals surface area contributed by atoms with E-state index in [4.69, 9.17) is 8.92 Å².